The van der Waals surface area contributed by atoms with Gasteiger partial charge in [0.1, 0.15) is 5.69 Å². The Morgan fingerprint density at radius 1 is 1.05 bits per heavy atom. The molecule has 0 bridgehead atoms. The van der Waals surface area contributed by atoms with Crippen molar-refractivity contribution in [2.24, 2.45) is 0 Å². The summed E-state index contributed by atoms with van der Waals surface area (Å²) in [6.45, 7) is 0. The second kappa shape index (κ2) is 4.90. The number of amides is 1. The van der Waals surface area contributed by atoms with Crippen molar-refractivity contribution < 1.29 is 4.79 Å². The zero-order valence-corrected chi connectivity index (χ0v) is 11.6. The lowest BCUT2D eigenvalue weighted by atomic mass is 10.1. The minimum Gasteiger partial charge on any atom is -0.357 e. The maximum atomic E-state index is 12.0. The normalized spacial score (nSPS) is 10.6. The number of aromatic nitrogens is 1. The zero-order valence-electron chi connectivity index (χ0n) is 9.98. The first-order valence-electron chi connectivity index (χ1n) is 5.88. The number of hydrogen-bond acceptors (Lipinski definition) is 1. The monoisotopic (exact) mass is 314 g/mol. The second-order valence-corrected chi connectivity index (χ2v) is 4.98. The third-order valence-electron chi connectivity index (χ3n) is 2.95. The highest BCUT2D eigenvalue weighted by molar-refractivity contribution is 9.10. The average molecular weight is 315 g/mol. The van der Waals surface area contributed by atoms with E-state index in [1.165, 1.54) is 0 Å². The summed E-state index contributed by atoms with van der Waals surface area (Å²) in [6, 6.07) is 15.4. The molecule has 0 unspecified atom stereocenters. The smallest absolute Gasteiger partial charge is 0.272 e. The first kappa shape index (κ1) is 12.0. The van der Waals surface area contributed by atoms with Crippen molar-refractivity contribution >= 4 is 38.3 Å². The SMILES string of the molecule is O=C(Nc1ccc2ccccc2c1Br)c1ccc[nH]1. The topological polar surface area (TPSA) is 44.9 Å². The van der Waals surface area contributed by atoms with Gasteiger partial charge in [0.25, 0.3) is 5.91 Å². The molecule has 1 amide bonds. The summed E-state index contributed by atoms with van der Waals surface area (Å²) in [5.74, 6) is -0.152. The van der Waals surface area contributed by atoms with Crippen molar-refractivity contribution in [3.8, 4) is 0 Å². The van der Waals surface area contributed by atoms with E-state index in [-0.39, 0.29) is 5.91 Å². The number of halogens is 1. The lowest BCUT2D eigenvalue weighted by Gasteiger charge is -2.09. The van der Waals surface area contributed by atoms with Gasteiger partial charge < -0.3 is 10.3 Å². The summed E-state index contributed by atoms with van der Waals surface area (Å²) in [5, 5.41) is 5.10. The number of benzene rings is 2. The number of fused-ring (bicyclic) bond motifs is 1. The van der Waals surface area contributed by atoms with Gasteiger partial charge in [-0.15, -0.1) is 0 Å². The van der Waals surface area contributed by atoms with Crippen LogP contribution in [0.15, 0.2) is 59.2 Å². The molecule has 0 saturated heterocycles. The van der Waals surface area contributed by atoms with Gasteiger partial charge >= 0.3 is 0 Å². The van der Waals surface area contributed by atoms with Crippen molar-refractivity contribution in [3.63, 3.8) is 0 Å². The summed E-state index contributed by atoms with van der Waals surface area (Å²) in [6.07, 6.45) is 1.73. The van der Waals surface area contributed by atoms with Gasteiger partial charge in [0, 0.05) is 10.7 Å². The first-order valence-corrected chi connectivity index (χ1v) is 6.67. The van der Waals surface area contributed by atoms with E-state index in [2.05, 4.69) is 26.2 Å². The lowest BCUT2D eigenvalue weighted by Crippen LogP contribution is -2.12. The number of carbonyl (C=O) groups is 1. The number of aromatic amines is 1. The van der Waals surface area contributed by atoms with Crippen LogP contribution in [0.1, 0.15) is 10.5 Å². The molecule has 3 nitrogen and oxygen atoms in total. The Hall–Kier alpha value is -2.07. The third kappa shape index (κ3) is 2.27. The van der Waals surface area contributed by atoms with Crippen LogP contribution in [0.4, 0.5) is 5.69 Å². The molecule has 2 N–H and O–H groups in total. The number of anilines is 1. The molecule has 3 rings (SSSR count). The molecule has 0 radical (unpaired) electrons. The lowest BCUT2D eigenvalue weighted by molar-refractivity contribution is 0.102. The number of hydrogen-bond donors (Lipinski definition) is 2. The molecule has 4 heteroatoms. The van der Waals surface area contributed by atoms with Gasteiger partial charge in [0.15, 0.2) is 0 Å². The fourth-order valence-electron chi connectivity index (χ4n) is 1.99. The average Bonchev–Trinajstić information content (AvgIpc) is 2.96. The molecule has 0 atom stereocenters. The molecular formula is C15H11BrN2O. The van der Waals surface area contributed by atoms with E-state index >= 15 is 0 Å². The van der Waals surface area contributed by atoms with Crippen LogP contribution in [-0.4, -0.2) is 10.9 Å². The van der Waals surface area contributed by atoms with Crippen LogP contribution in [0.2, 0.25) is 0 Å². The van der Waals surface area contributed by atoms with Gasteiger partial charge in [-0.1, -0.05) is 30.3 Å². The van der Waals surface area contributed by atoms with E-state index in [9.17, 15) is 4.79 Å². The summed E-state index contributed by atoms with van der Waals surface area (Å²) in [5.41, 5.74) is 1.30. The highest BCUT2D eigenvalue weighted by Gasteiger charge is 2.10. The van der Waals surface area contributed by atoms with Gasteiger partial charge in [0.05, 0.1) is 5.69 Å². The van der Waals surface area contributed by atoms with E-state index in [0.29, 0.717) is 5.69 Å². The Morgan fingerprint density at radius 2 is 1.89 bits per heavy atom. The summed E-state index contributed by atoms with van der Waals surface area (Å²) >= 11 is 3.55. The van der Waals surface area contributed by atoms with Crippen LogP contribution < -0.4 is 5.32 Å². The predicted molar refractivity (Wildman–Crippen MR) is 80.4 cm³/mol. The van der Waals surface area contributed by atoms with E-state index in [1.54, 1.807) is 18.3 Å². The maximum Gasteiger partial charge on any atom is 0.272 e. The molecule has 0 aliphatic heterocycles. The Morgan fingerprint density at radius 3 is 2.68 bits per heavy atom. The van der Waals surface area contributed by atoms with Crippen molar-refractivity contribution in [2.45, 2.75) is 0 Å². The zero-order chi connectivity index (χ0) is 13.2. The van der Waals surface area contributed by atoms with E-state index in [1.807, 2.05) is 36.4 Å². The van der Waals surface area contributed by atoms with E-state index < -0.39 is 0 Å². The van der Waals surface area contributed by atoms with E-state index in [0.717, 1.165) is 20.9 Å². The first-order chi connectivity index (χ1) is 9.25. The minimum atomic E-state index is -0.152. The van der Waals surface area contributed by atoms with Crippen molar-refractivity contribution in [1.82, 2.24) is 4.98 Å². The quantitative estimate of drug-likeness (QED) is 0.732. The molecule has 2 aromatic carbocycles. The molecule has 1 heterocycles. The van der Waals surface area contributed by atoms with Crippen LogP contribution in [-0.2, 0) is 0 Å². The molecular weight excluding hydrogens is 304 g/mol. The molecule has 94 valence electrons. The Bertz CT molecular complexity index is 735. The molecule has 0 aliphatic carbocycles. The molecule has 0 saturated carbocycles. The summed E-state index contributed by atoms with van der Waals surface area (Å²) in [7, 11) is 0. The summed E-state index contributed by atoms with van der Waals surface area (Å²) in [4.78, 5) is 14.9. The maximum absolute atomic E-state index is 12.0. The second-order valence-electron chi connectivity index (χ2n) is 4.19. The highest BCUT2D eigenvalue weighted by atomic mass is 79.9. The van der Waals surface area contributed by atoms with Crippen molar-refractivity contribution in [3.05, 3.63) is 64.9 Å². The molecule has 1 aromatic heterocycles. The van der Waals surface area contributed by atoms with Gasteiger partial charge in [-0.25, -0.2) is 0 Å². The van der Waals surface area contributed by atoms with Crippen LogP contribution in [0.3, 0.4) is 0 Å². The third-order valence-corrected chi connectivity index (χ3v) is 3.81. The van der Waals surface area contributed by atoms with Crippen molar-refractivity contribution in [1.29, 1.82) is 0 Å². The number of rotatable bonds is 2. The van der Waals surface area contributed by atoms with Gasteiger partial charge in [-0.3, -0.25) is 4.79 Å². The van der Waals surface area contributed by atoms with Gasteiger partial charge in [-0.2, -0.15) is 0 Å². The Balaban J connectivity index is 1.97. The number of nitrogens with one attached hydrogen (secondary N) is 2. The number of carbonyl (C=O) groups excluding carboxylic acids is 1. The van der Waals surface area contributed by atoms with Crippen LogP contribution >= 0.6 is 15.9 Å². The largest absolute Gasteiger partial charge is 0.357 e. The Kier molecular flexibility index (Phi) is 3.09. The molecule has 3 aromatic rings. The predicted octanol–water partition coefficient (Wildman–Crippen LogP) is 4.18. The minimum absolute atomic E-state index is 0.152. The van der Waals surface area contributed by atoms with Crippen LogP contribution in [0.5, 0.6) is 0 Å². The molecule has 0 fully saturated rings. The number of H-pyrrole nitrogens is 1. The molecule has 0 spiro atoms. The highest BCUT2D eigenvalue weighted by Crippen LogP contribution is 2.31. The Labute approximate surface area is 118 Å². The van der Waals surface area contributed by atoms with Crippen LogP contribution in [0, 0.1) is 0 Å². The van der Waals surface area contributed by atoms with Crippen molar-refractivity contribution in [2.75, 3.05) is 5.32 Å². The molecule has 0 aliphatic rings. The standard InChI is InChI=1S/C15H11BrN2O/c16-14-11-5-2-1-4-10(11)7-8-12(14)18-15(19)13-6-3-9-17-13/h1-9,17H,(H,18,19). The summed E-state index contributed by atoms with van der Waals surface area (Å²) < 4.78 is 0.894. The molecule has 19 heavy (non-hydrogen) atoms. The fraction of sp³-hybridized carbons (Fsp3) is 0. The van der Waals surface area contributed by atoms with Crippen LogP contribution in [0.25, 0.3) is 10.8 Å². The van der Waals surface area contributed by atoms with E-state index in [4.69, 9.17) is 0 Å². The fourth-order valence-corrected chi connectivity index (χ4v) is 2.58. The van der Waals surface area contributed by atoms with Gasteiger partial charge in [-0.05, 0) is 44.9 Å². The van der Waals surface area contributed by atoms with Gasteiger partial charge in [0.2, 0.25) is 0 Å².